The summed E-state index contributed by atoms with van der Waals surface area (Å²) in [6.45, 7) is 2.93. The molecule has 0 bridgehead atoms. The quantitative estimate of drug-likeness (QED) is 0.785. The third-order valence-corrected chi connectivity index (χ3v) is 5.16. The van der Waals surface area contributed by atoms with E-state index in [1.54, 1.807) is 11.3 Å². The Morgan fingerprint density at radius 1 is 1.29 bits per heavy atom. The third-order valence-electron chi connectivity index (χ3n) is 4.40. The second-order valence-electron chi connectivity index (χ2n) is 5.70. The summed E-state index contributed by atoms with van der Waals surface area (Å²) in [4.78, 5) is 5.70. The summed E-state index contributed by atoms with van der Waals surface area (Å²) >= 11 is 1.69. The highest BCUT2D eigenvalue weighted by molar-refractivity contribution is 7.15. The minimum absolute atomic E-state index is 0.834. The predicted octanol–water partition coefficient (Wildman–Crippen LogP) is 4.20. The molecule has 3 nitrogen and oxygen atoms in total. The van der Waals surface area contributed by atoms with Crippen molar-refractivity contribution in [2.75, 3.05) is 5.32 Å². The van der Waals surface area contributed by atoms with Crippen LogP contribution >= 0.6 is 11.3 Å². The van der Waals surface area contributed by atoms with E-state index in [0.717, 1.165) is 17.2 Å². The normalized spacial score (nSPS) is 14.3. The Labute approximate surface area is 128 Å². The summed E-state index contributed by atoms with van der Waals surface area (Å²) in [5.41, 5.74) is 6.74. The maximum Gasteiger partial charge on any atom is 0.194 e. The first-order valence-electron chi connectivity index (χ1n) is 7.58. The van der Waals surface area contributed by atoms with Crippen LogP contribution in [0.3, 0.4) is 0 Å². The van der Waals surface area contributed by atoms with Crippen molar-refractivity contribution in [3.63, 3.8) is 0 Å². The fourth-order valence-corrected chi connectivity index (χ4v) is 4.06. The maximum atomic E-state index is 4.61. The number of imidazole rings is 1. The number of fused-ring (bicyclic) bond motifs is 2. The van der Waals surface area contributed by atoms with Gasteiger partial charge >= 0.3 is 0 Å². The van der Waals surface area contributed by atoms with Crippen LogP contribution in [0.25, 0.3) is 4.96 Å². The highest BCUT2D eigenvalue weighted by Crippen LogP contribution is 2.28. The minimum Gasteiger partial charge on any atom is -0.379 e. The van der Waals surface area contributed by atoms with Crippen LogP contribution in [0.1, 0.15) is 35.4 Å². The van der Waals surface area contributed by atoms with Crippen molar-refractivity contribution in [2.24, 2.45) is 0 Å². The molecule has 3 aromatic rings. The molecule has 2 heterocycles. The molecule has 0 spiro atoms. The molecule has 0 unspecified atom stereocenters. The van der Waals surface area contributed by atoms with Crippen molar-refractivity contribution >= 4 is 22.0 Å². The van der Waals surface area contributed by atoms with E-state index in [0.29, 0.717) is 0 Å². The molecule has 0 fully saturated rings. The van der Waals surface area contributed by atoms with Gasteiger partial charge in [-0.1, -0.05) is 12.1 Å². The summed E-state index contributed by atoms with van der Waals surface area (Å²) in [7, 11) is 0. The summed E-state index contributed by atoms with van der Waals surface area (Å²) < 4.78 is 2.20. The number of thiazole rings is 1. The van der Waals surface area contributed by atoms with Crippen LogP contribution in [0, 0.1) is 6.92 Å². The molecule has 1 aromatic carbocycles. The van der Waals surface area contributed by atoms with Gasteiger partial charge in [0, 0.05) is 17.3 Å². The molecule has 0 aliphatic heterocycles. The molecule has 2 aromatic heterocycles. The van der Waals surface area contributed by atoms with E-state index >= 15 is 0 Å². The van der Waals surface area contributed by atoms with Crippen LogP contribution in [-0.4, -0.2) is 9.38 Å². The molecule has 21 heavy (non-hydrogen) atoms. The fourth-order valence-electron chi connectivity index (χ4n) is 3.28. The van der Waals surface area contributed by atoms with Crippen molar-refractivity contribution in [3.8, 4) is 0 Å². The molecule has 0 saturated carbocycles. The van der Waals surface area contributed by atoms with Gasteiger partial charge in [-0.25, -0.2) is 4.98 Å². The predicted molar refractivity (Wildman–Crippen MR) is 88.2 cm³/mol. The lowest BCUT2D eigenvalue weighted by molar-refractivity contribution is 0.686. The Hall–Kier alpha value is -1.81. The maximum absolute atomic E-state index is 4.61. The van der Waals surface area contributed by atoms with Crippen molar-refractivity contribution in [3.05, 3.63) is 52.3 Å². The highest BCUT2D eigenvalue weighted by atomic mass is 32.1. The van der Waals surface area contributed by atoms with Crippen molar-refractivity contribution in [2.45, 2.75) is 39.2 Å². The van der Waals surface area contributed by atoms with Gasteiger partial charge in [0.05, 0.1) is 17.9 Å². The van der Waals surface area contributed by atoms with Crippen LogP contribution in [0.2, 0.25) is 0 Å². The molecule has 1 aliphatic carbocycles. The molecule has 0 radical (unpaired) electrons. The molecule has 0 atom stereocenters. The first kappa shape index (κ1) is 12.9. The zero-order valence-corrected chi connectivity index (χ0v) is 13.0. The Morgan fingerprint density at radius 2 is 2.19 bits per heavy atom. The third kappa shape index (κ3) is 2.23. The lowest BCUT2D eigenvalue weighted by Gasteiger charge is -2.20. The molecular weight excluding hydrogens is 278 g/mol. The molecule has 0 saturated heterocycles. The average molecular weight is 297 g/mol. The number of nitrogens with zero attached hydrogens (tertiary/aromatic N) is 2. The van der Waals surface area contributed by atoms with Crippen LogP contribution < -0.4 is 5.32 Å². The minimum atomic E-state index is 0.834. The van der Waals surface area contributed by atoms with E-state index < -0.39 is 0 Å². The standard InChI is InChI=1S/C17H19N3S/c1-12-16(20-9-10-21-17(20)19-12)11-18-15-8-4-6-13-5-2-3-7-14(13)15/h4,6,8-10,18H,2-3,5,7,11H2,1H3. The first-order valence-corrected chi connectivity index (χ1v) is 8.46. The molecular formula is C17H19N3S. The number of rotatable bonds is 3. The number of nitrogens with one attached hydrogen (secondary N) is 1. The van der Waals surface area contributed by atoms with Crippen molar-refractivity contribution < 1.29 is 0 Å². The van der Waals surface area contributed by atoms with E-state index in [2.05, 4.69) is 51.4 Å². The number of aromatic nitrogens is 2. The Morgan fingerprint density at radius 3 is 3.14 bits per heavy atom. The van der Waals surface area contributed by atoms with Gasteiger partial charge in [0.15, 0.2) is 4.96 Å². The zero-order chi connectivity index (χ0) is 14.2. The molecule has 1 N–H and O–H groups in total. The van der Waals surface area contributed by atoms with Crippen molar-refractivity contribution in [1.29, 1.82) is 0 Å². The number of anilines is 1. The van der Waals surface area contributed by atoms with E-state index in [1.165, 1.54) is 48.2 Å². The van der Waals surface area contributed by atoms with E-state index in [4.69, 9.17) is 0 Å². The lowest BCUT2D eigenvalue weighted by Crippen LogP contribution is -2.09. The lowest BCUT2D eigenvalue weighted by atomic mass is 9.90. The van der Waals surface area contributed by atoms with Gasteiger partial charge in [-0.2, -0.15) is 0 Å². The number of hydrogen-bond donors (Lipinski definition) is 1. The van der Waals surface area contributed by atoms with Crippen LogP contribution in [0.15, 0.2) is 29.8 Å². The van der Waals surface area contributed by atoms with E-state index in [1.807, 2.05) is 0 Å². The highest BCUT2D eigenvalue weighted by Gasteiger charge is 2.14. The van der Waals surface area contributed by atoms with Gasteiger partial charge in [0.1, 0.15) is 0 Å². The Bertz CT molecular complexity index is 785. The Balaban J connectivity index is 1.62. The molecule has 1 aliphatic rings. The van der Waals surface area contributed by atoms with Crippen molar-refractivity contribution in [1.82, 2.24) is 9.38 Å². The SMILES string of the molecule is Cc1nc2sccn2c1CNc1cccc2c1CCCC2. The van der Waals surface area contributed by atoms with Gasteiger partial charge in [-0.05, 0) is 49.8 Å². The summed E-state index contributed by atoms with van der Waals surface area (Å²) in [5.74, 6) is 0. The summed E-state index contributed by atoms with van der Waals surface area (Å²) in [6.07, 6.45) is 7.18. The summed E-state index contributed by atoms with van der Waals surface area (Å²) in [6, 6.07) is 6.67. The number of aryl methyl sites for hydroxylation is 2. The topological polar surface area (TPSA) is 29.3 Å². The monoisotopic (exact) mass is 297 g/mol. The second-order valence-corrected chi connectivity index (χ2v) is 6.58. The number of benzene rings is 1. The molecule has 4 heteroatoms. The first-order chi connectivity index (χ1) is 10.3. The van der Waals surface area contributed by atoms with Crippen LogP contribution in [-0.2, 0) is 19.4 Å². The largest absolute Gasteiger partial charge is 0.379 e. The fraction of sp³-hybridized carbons (Fsp3) is 0.353. The second kappa shape index (κ2) is 5.19. The van der Waals surface area contributed by atoms with Crippen LogP contribution in [0.4, 0.5) is 5.69 Å². The molecule has 0 amide bonds. The van der Waals surface area contributed by atoms with Gasteiger partial charge < -0.3 is 5.32 Å². The van der Waals surface area contributed by atoms with Crippen LogP contribution in [0.5, 0.6) is 0 Å². The summed E-state index contributed by atoms with van der Waals surface area (Å²) in [5, 5.41) is 5.73. The van der Waals surface area contributed by atoms with Gasteiger partial charge in [-0.3, -0.25) is 4.40 Å². The number of hydrogen-bond acceptors (Lipinski definition) is 3. The molecule has 4 rings (SSSR count). The van der Waals surface area contributed by atoms with E-state index in [9.17, 15) is 0 Å². The zero-order valence-electron chi connectivity index (χ0n) is 12.2. The van der Waals surface area contributed by atoms with Gasteiger partial charge in [0.2, 0.25) is 0 Å². The van der Waals surface area contributed by atoms with Gasteiger partial charge in [-0.15, -0.1) is 11.3 Å². The van der Waals surface area contributed by atoms with Gasteiger partial charge in [0.25, 0.3) is 0 Å². The Kier molecular flexibility index (Phi) is 3.19. The van der Waals surface area contributed by atoms with E-state index in [-0.39, 0.29) is 0 Å². The molecule has 108 valence electrons. The average Bonchev–Trinajstić information content (AvgIpc) is 3.06. The smallest absolute Gasteiger partial charge is 0.194 e.